The summed E-state index contributed by atoms with van der Waals surface area (Å²) >= 11 is 3.33. The highest BCUT2D eigenvalue weighted by Gasteiger charge is 2.57. The van der Waals surface area contributed by atoms with E-state index in [1.165, 1.54) is 0 Å². The van der Waals surface area contributed by atoms with Crippen LogP contribution in [0, 0.1) is 22.7 Å². The predicted octanol–water partition coefficient (Wildman–Crippen LogP) is 2.79. The summed E-state index contributed by atoms with van der Waals surface area (Å²) in [5.41, 5.74) is 2.85. The molecule has 4 heterocycles. The van der Waals surface area contributed by atoms with E-state index in [4.69, 9.17) is 0 Å². The van der Waals surface area contributed by atoms with E-state index in [1.54, 1.807) is 54.3 Å². The zero-order chi connectivity index (χ0) is 55.1. The van der Waals surface area contributed by atoms with Crippen LogP contribution >= 0.6 is 23.5 Å². The van der Waals surface area contributed by atoms with Crippen molar-refractivity contribution in [3.8, 4) is 0 Å². The minimum Gasteiger partial charge on any atom is -0.377 e. The molecular formula is C57H82N10O8S2. The van der Waals surface area contributed by atoms with Gasteiger partial charge in [0.1, 0.15) is 18.3 Å². The number of rotatable bonds is 17. The minimum absolute atomic E-state index is 0.0373. The molecule has 9 rings (SSSR count). The number of carbonyl (C=O) groups excluding carboxylic acids is 7. The van der Waals surface area contributed by atoms with Crippen molar-refractivity contribution in [2.75, 3.05) is 32.1 Å². The lowest BCUT2D eigenvalue weighted by atomic mass is 9.82. The third-order valence-corrected chi connectivity index (χ3v) is 20.4. The Morgan fingerprint density at radius 3 is 1.69 bits per heavy atom. The Hall–Kier alpha value is -4.57. The molecule has 1 unspecified atom stereocenters. The van der Waals surface area contributed by atoms with E-state index in [1.807, 2.05) is 83.1 Å². The number of ketones is 1. The number of carbonyl (C=O) groups is 7. The van der Waals surface area contributed by atoms with Crippen molar-refractivity contribution in [2.24, 2.45) is 22.7 Å². The summed E-state index contributed by atoms with van der Waals surface area (Å²) in [6.45, 7) is 11.6. The lowest BCUT2D eigenvalue weighted by Crippen LogP contribution is -2.59. The van der Waals surface area contributed by atoms with Gasteiger partial charge in [0.15, 0.2) is 5.78 Å². The third-order valence-electron chi connectivity index (χ3n) is 17.9. The Labute approximate surface area is 462 Å². The van der Waals surface area contributed by atoms with Crippen LogP contribution in [0.2, 0.25) is 0 Å². The molecule has 20 heteroatoms. The average Bonchev–Trinajstić information content (AvgIpc) is 4.08. The maximum Gasteiger partial charge on any atom is 0.246 e. The van der Waals surface area contributed by atoms with E-state index in [9.17, 15) is 38.7 Å². The molecule has 6 amide bonds. The van der Waals surface area contributed by atoms with Crippen molar-refractivity contribution in [1.82, 2.24) is 52.3 Å². The first-order chi connectivity index (χ1) is 36.7. The lowest BCUT2D eigenvalue weighted by molar-refractivity contribution is -0.144. The van der Waals surface area contributed by atoms with Crippen molar-refractivity contribution in [3.05, 3.63) is 70.8 Å². The number of aliphatic hydroxyl groups is 1. The van der Waals surface area contributed by atoms with Gasteiger partial charge in [0.25, 0.3) is 0 Å². The quantitative estimate of drug-likeness (QED) is 0.104. The molecule has 420 valence electrons. The first kappa shape index (κ1) is 57.1. The second-order valence-electron chi connectivity index (χ2n) is 24.1. The first-order valence-corrected chi connectivity index (χ1v) is 30.1. The number of thioether (sulfide) groups is 2. The van der Waals surface area contributed by atoms with Crippen LogP contribution in [0.15, 0.2) is 48.5 Å². The molecule has 0 bridgehead atoms. The van der Waals surface area contributed by atoms with Crippen molar-refractivity contribution >= 4 is 64.8 Å². The van der Waals surface area contributed by atoms with Crippen molar-refractivity contribution in [2.45, 2.75) is 183 Å². The lowest BCUT2D eigenvalue weighted by Gasteiger charge is -2.36. The van der Waals surface area contributed by atoms with Crippen molar-refractivity contribution < 1.29 is 38.7 Å². The molecule has 3 aliphatic carbocycles. The average molecular weight is 1100 g/mol. The number of hydrogen-bond donors (Lipinski definition) is 9. The maximum absolute atomic E-state index is 14.8. The predicted molar refractivity (Wildman–Crippen MR) is 298 cm³/mol. The number of likely N-dealkylation sites (N-methyl/N-ethyl adjacent to an activating group) is 2. The van der Waals surface area contributed by atoms with E-state index >= 15 is 0 Å². The molecule has 0 spiro atoms. The number of nitrogens with one attached hydrogen (secondary N) is 8. The van der Waals surface area contributed by atoms with Gasteiger partial charge >= 0.3 is 0 Å². The molecule has 77 heavy (non-hydrogen) atoms. The molecule has 0 radical (unpaired) electrons. The maximum atomic E-state index is 14.8. The van der Waals surface area contributed by atoms with E-state index in [0.717, 1.165) is 22.3 Å². The molecule has 4 aliphatic heterocycles. The summed E-state index contributed by atoms with van der Waals surface area (Å²) in [5.74, 6) is -1.02. The Morgan fingerprint density at radius 2 is 1.13 bits per heavy atom. The Kier molecular flexibility index (Phi) is 17.5. The van der Waals surface area contributed by atoms with Crippen LogP contribution in [0.1, 0.15) is 127 Å². The van der Waals surface area contributed by atoms with Crippen LogP contribution in [-0.2, 0) is 46.4 Å². The number of Topliss-reactive ketones (excluding diaryl/α,β-unsaturated/α-hetero) is 1. The summed E-state index contributed by atoms with van der Waals surface area (Å²) in [6, 6.07) is 10.9. The molecule has 13 atom stereocenters. The molecule has 7 aliphatic rings. The fourth-order valence-corrected chi connectivity index (χ4v) is 16.6. The fourth-order valence-electron chi connectivity index (χ4n) is 13.4. The zero-order valence-corrected chi connectivity index (χ0v) is 47.6. The molecule has 5 fully saturated rings. The highest BCUT2D eigenvalue weighted by Crippen LogP contribution is 2.49. The molecule has 2 aromatic rings. The van der Waals surface area contributed by atoms with Gasteiger partial charge in [-0.1, -0.05) is 76.2 Å². The van der Waals surface area contributed by atoms with Crippen LogP contribution in [0.25, 0.3) is 0 Å². The molecule has 0 aromatic heterocycles. The summed E-state index contributed by atoms with van der Waals surface area (Å²) < 4.78 is 0. The Bertz CT molecular complexity index is 2560. The number of amides is 6. The van der Waals surface area contributed by atoms with Crippen LogP contribution in [0.3, 0.4) is 0 Å². The molecule has 4 saturated heterocycles. The van der Waals surface area contributed by atoms with Crippen LogP contribution in [0.5, 0.6) is 0 Å². The number of benzene rings is 2. The van der Waals surface area contributed by atoms with Gasteiger partial charge in [0.2, 0.25) is 35.4 Å². The standard InChI is InChI=1S/C57H82N10O8S2/c1-30(58-7)49(69)63-40-21-23-76-43-27-56(3,4)47(66(43)54(40)74)42(68)29-60-45-36-15-11-9-13-32(36)25-38(45)51(71)61-34-17-19-35(20-18-34)62-52(72)39-26-33-14-10-12-16-37(33)46(39)65-53(73)48-57(5,6)28-44-67(48)55(75)41(22-24-77-44)64-50(70)31(2)59-8/h9-16,30-31,34-35,38-41,43-48,50,58-60,64,70H,17-29H2,1-8H3,(H,61,71)(H,62,72)(H,63,69)(H,65,73)/t30-,31-,34?,35?,38+,39+,40-,41-,43-,44-,45-,46-,47+,48+,50?/m0/s1. The van der Waals surface area contributed by atoms with Gasteiger partial charge in [-0.15, -0.1) is 23.5 Å². The second kappa shape index (κ2) is 23.6. The largest absolute Gasteiger partial charge is 0.377 e. The summed E-state index contributed by atoms with van der Waals surface area (Å²) in [5, 5.41) is 35.9. The van der Waals surface area contributed by atoms with E-state index in [-0.39, 0.29) is 76.6 Å². The normalized spacial score (nSPS) is 32.3. The van der Waals surface area contributed by atoms with Crippen molar-refractivity contribution in [1.29, 1.82) is 0 Å². The van der Waals surface area contributed by atoms with Crippen LogP contribution in [0.4, 0.5) is 0 Å². The van der Waals surface area contributed by atoms with E-state index in [2.05, 4.69) is 42.5 Å². The van der Waals surface area contributed by atoms with Crippen LogP contribution < -0.4 is 42.5 Å². The summed E-state index contributed by atoms with van der Waals surface area (Å²) in [4.78, 5) is 103. The van der Waals surface area contributed by atoms with Gasteiger partial charge in [0, 0.05) is 24.2 Å². The van der Waals surface area contributed by atoms with Gasteiger partial charge < -0.3 is 52.1 Å². The fraction of sp³-hybridized carbons (Fsp3) is 0.667. The highest BCUT2D eigenvalue weighted by atomic mass is 32.2. The molecular weight excluding hydrogens is 1020 g/mol. The number of fused-ring (bicyclic) bond motifs is 4. The number of nitrogens with zero attached hydrogens (tertiary/aromatic N) is 2. The number of aliphatic hydroxyl groups excluding tert-OH is 1. The van der Waals surface area contributed by atoms with Crippen molar-refractivity contribution in [3.63, 3.8) is 0 Å². The molecule has 2 aromatic carbocycles. The SMILES string of the molecule is CN[C@@H](C)C(=O)N[C@H]1CCS[C@H]2CC(C)(C)[C@@H](C(=O)CN[C@H]3c4ccccc4C[C@H]3C(=O)NC3CCC(NC(=O)[C@@H]4Cc5ccccc5[C@@H]4NC(=O)[C@H]4N5C(=O)[C@@H](NC(O)[C@H](C)NC)CCS[C@H]5CC4(C)C)CC3)N2C1=O. The summed E-state index contributed by atoms with van der Waals surface area (Å²) in [6.07, 6.45) is 4.93. The van der Waals surface area contributed by atoms with E-state index in [0.29, 0.717) is 75.7 Å². The monoisotopic (exact) mass is 1100 g/mol. The number of hydrogen-bond acceptors (Lipinski definition) is 14. The van der Waals surface area contributed by atoms with Crippen LogP contribution in [-0.4, -0.2) is 154 Å². The second-order valence-corrected chi connectivity index (χ2v) is 26.7. The van der Waals surface area contributed by atoms with E-state index < -0.39 is 71.2 Å². The third kappa shape index (κ3) is 11.9. The first-order valence-electron chi connectivity index (χ1n) is 28.0. The Morgan fingerprint density at radius 1 is 0.636 bits per heavy atom. The smallest absolute Gasteiger partial charge is 0.246 e. The van der Waals surface area contributed by atoms with Gasteiger partial charge in [-0.25, -0.2) is 0 Å². The van der Waals surface area contributed by atoms with Gasteiger partial charge in [-0.05, 0) is 137 Å². The van der Waals surface area contributed by atoms with Gasteiger partial charge in [-0.2, -0.15) is 0 Å². The van der Waals surface area contributed by atoms with Gasteiger partial charge in [0.05, 0.1) is 53.3 Å². The minimum atomic E-state index is -0.956. The summed E-state index contributed by atoms with van der Waals surface area (Å²) in [7, 11) is 3.45. The molecule has 9 N–H and O–H groups in total. The topological polar surface area (TPSA) is 242 Å². The van der Waals surface area contributed by atoms with Gasteiger partial charge in [-0.3, -0.25) is 38.9 Å². The zero-order valence-electron chi connectivity index (χ0n) is 46.0. The highest BCUT2D eigenvalue weighted by molar-refractivity contribution is 8.00. The molecule has 1 saturated carbocycles. The molecule has 18 nitrogen and oxygen atoms in total. The Balaban J connectivity index is 0.813.